The Labute approximate surface area is 160 Å². The van der Waals surface area contributed by atoms with Crippen LogP contribution in [0.1, 0.15) is 33.3 Å². The predicted octanol–water partition coefficient (Wildman–Crippen LogP) is 0.697. The van der Waals surface area contributed by atoms with Gasteiger partial charge in [0, 0.05) is 22.0 Å². The average molecular weight is 390 g/mol. The molecule has 0 unspecified atom stereocenters. The summed E-state index contributed by atoms with van der Waals surface area (Å²) in [6, 6.07) is 0. The van der Waals surface area contributed by atoms with E-state index in [2.05, 4.69) is 20.9 Å². The summed E-state index contributed by atoms with van der Waals surface area (Å²) in [6.45, 7) is 1.49. The first kappa shape index (κ1) is 15.8. The Morgan fingerprint density at radius 3 is 3.07 bits per heavy atom. The van der Waals surface area contributed by atoms with Gasteiger partial charge in [0.15, 0.2) is 28.3 Å². The molecule has 0 saturated carbocycles. The van der Waals surface area contributed by atoms with Gasteiger partial charge >= 0.3 is 11.9 Å². The van der Waals surface area contributed by atoms with Crippen molar-refractivity contribution >= 4 is 17.0 Å². The molecule has 4 rings (SSSR count). The fourth-order valence-electron chi connectivity index (χ4n) is 2.91. The van der Waals surface area contributed by atoms with Gasteiger partial charge in [0.25, 0.3) is 0 Å². The standard InChI is InChI=1S/C17H15FN5O5/c1-3-17(5-4-9-8(2)26-16(25)27-9)10(24)6-11(28-17)23-7-20-12-13(19)21-15(18)22-14(12)23/h1,4,7,10-11,24H,5-6H2,2H3,(H2,19,21,22)/t10-,11+,17-/m0/s1/i6D2. The number of nitrogens with zero attached hydrogens (tertiary/aromatic N) is 4. The molecule has 3 aromatic rings. The highest BCUT2D eigenvalue weighted by Crippen LogP contribution is 2.41. The molecule has 4 heterocycles. The van der Waals surface area contributed by atoms with E-state index in [9.17, 15) is 14.3 Å². The summed E-state index contributed by atoms with van der Waals surface area (Å²) in [4.78, 5) is 22.2. The van der Waals surface area contributed by atoms with Crippen molar-refractivity contribution in [2.75, 3.05) is 5.73 Å². The van der Waals surface area contributed by atoms with Crippen molar-refractivity contribution < 1.29 is 25.8 Å². The zero-order chi connectivity index (χ0) is 21.8. The SMILES string of the molecule is [2H]C1([2H])[C@H](n2cnc3c(N)nc(F)nc32)O[C@@](C#C)(C[CH]c2oc(=O)oc2C)[C@H]1O. The summed E-state index contributed by atoms with van der Waals surface area (Å²) in [7, 11) is 0. The summed E-state index contributed by atoms with van der Waals surface area (Å²) >= 11 is 0. The summed E-state index contributed by atoms with van der Waals surface area (Å²) in [6.07, 6.45) is 0.970. The number of terminal acetylenes is 1. The number of hydrogen-bond donors (Lipinski definition) is 2. The predicted molar refractivity (Wildman–Crippen MR) is 92.0 cm³/mol. The van der Waals surface area contributed by atoms with Crippen LogP contribution in [-0.4, -0.2) is 36.3 Å². The number of hydrogen-bond acceptors (Lipinski definition) is 9. The number of anilines is 1. The lowest BCUT2D eigenvalue weighted by Gasteiger charge is -2.26. The van der Waals surface area contributed by atoms with E-state index >= 15 is 0 Å². The molecule has 10 nitrogen and oxygen atoms in total. The lowest BCUT2D eigenvalue weighted by molar-refractivity contribution is -0.0629. The topological polar surface area (TPSA) is 142 Å². The van der Waals surface area contributed by atoms with Crippen LogP contribution in [0.5, 0.6) is 0 Å². The molecule has 1 saturated heterocycles. The second kappa shape index (κ2) is 6.43. The molecule has 1 aliphatic heterocycles. The van der Waals surface area contributed by atoms with Gasteiger partial charge < -0.3 is 24.4 Å². The van der Waals surface area contributed by atoms with Gasteiger partial charge in [0.2, 0.25) is 0 Å². The van der Waals surface area contributed by atoms with E-state index in [0.717, 1.165) is 10.9 Å². The maximum atomic E-state index is 13.7. The molecule has 3 aromatic heterocycles. The molecule has 1 fully saturated rings. The van der Waals surface area contributed by atoms with E-state index in [4.69, 9.17) is 28.5 Å². The number of nitrogen functional groups attached to an aromatic ring is 1. The maximum Gasteiger partial charge on any atom is 0.519 e. The van der Waals surface area contributed by atoms with Crippen molar-refractivity contribution in [2.24, 2.45) is 0 Å². The van der Waals surface area contributed by atoms with Gasteiger partial charge in [-0.25, -0.2) is 9.78 Å². The molecule has 1 radical (unpaired) electrons. The fourth-order valence-corrected chi connectivity index (χ4v) is 2.91. The molecule has 0 bridgehead atoms. The number of nitrogens with two attached hydrogens (primary N) is 1. The van der Waals surface area contributed by atoms with Crippen LogP contribution in [0.4, 0.5) is 10.2 Å². The summed E-state index contributed by atoms with van der Waals surface area (Å²) in [5, 5.41) is 10.7. The zero-order valence-corrected chi connectivity index (χ0v) is 14.4. The number of aromatic nitrogens is 4. The van der Waals surface area contributed by atoms with Crippen LogP contribution in [0.25, 0.3) is 11.2 Å². The molecule has 11 heteroatoms. The lowest BCUT2D eigenvalue weighted by atomic mass is 9.91. The van der Waals surface area contributed by atoms with Crippen LogP contribution in [-0.2, 0) is 4.74 Å². The number of imidazole rings is 1. The van der Waals surface area contributed by atoms with E-state index < -0.39 is 36.2 Å². The van der Waals surface area contributed by atoms with Crippen LogP contribution in [0.15, 0.2) is 20.0 Å². The minimum atomic E-state index is -2.43. The molecular formula is C17H15FN5O5. The Morgan fingerprint density at radius 2 is 2.39 bits per heavy atom. The Kier molecular flexibility index (Phi) is 3.63. The van der Waals surface area contributed by atoms with Crippen LogP contribution >= 0.6 is 0 Å². The third-order valence-electron chi connectivity index (χ3n) is 4.35. The van der Waals surface area contributed by atoms with Gasteiger partial charge in [-0.1, -0.05) is 5.92 Å². The Bertz CT molecular complexity index is 1230. The molecule has 0 spiro atoms. The van der Waals surface area contributed by atoms with Crippen LogP contribution in [0.3, 0.4) is 0 Å². The highest BCUT2D eigenvalue weighted by atomic mass is 19.1. The van der Waals surface area contributed by atoms with Crippen LogP contribution in [0.2, 0.25) is 0 Å². The molecule has 28 heavy (non-hydrogen) atoms. The van der Waals surface area contributed by atoms with Gasteiger partial charge in [-0.2, -0.15) is 14.4 Å². The molecule has 3 N–H and O–H groups in total. The monoisotopic (exact) mass is 390 g/mol. The molecule has 3 atom stereocenters. The third kappa shape index (κ3) is 2.83. The minimum Gasteiger partial charge on any atom is -0.396 e. The fraction of sp³-hybridized carbons (Fsp3) is 0.353. The quantitative estimate of drug-likeness (QED) is 0.486. The number of fused-ring (bicyclic) bond motifs is 1. The number of rotatable bonds is 4. The first-order chi connectivity index (χ1) is 14.1. The second-order valence-corrected chi connectivity index (χ2v) is 6.06. The van der Waals surface area contributed by atoms with Gasteiger partial charge in [-0.3, -0.25) is 4.57 Å². The Morgan fingerprint density at radius 1 is 1.61 bits per heavy atom. The van der Waals surface area contributed by atoms with E-state index in [-0.39, 0.29) is 34.9 Å². The highest BCUT2D eigenvalue weighted by molar-refractivity contribution is 5.81. The Hall–Kier alpha value is -3.23. The van der Waals surface area contributed by atoms with Crippen molar-refractivity contribution in [1.82, 2.24) is 19.5 Å². The van der Waals surface area contributed by atoms with E-state index in [0.29, 0.717) is 0 Å². The van der Waals surface area contributed by atoms with E-state index in [1.54, 1.807) is 0 Å². The first-order valence-corrected chi connectivity index (χ1v) is 8.02. The summed E-state index contributed by atoms with van der Waals surface area (Å²) in [5.74, 6) is 1.38. The van der Waals surface area contributed by atoms with E-state index in [1.165, 1.54) is 13.3 Å². The normalized spacial score (nSPS) is 27.5. The van der Waals surface area contributed by atoms with Gasteiger partial charge in [-0.05, 0) is 6.92 Å². The number of aryl methyl sites for hydroxylation is 1. The number of halogens is 1. The zero-order valence-electron chi connectivity index (χ0n) is 16.4. The first-order valence-electron chi connectivity index (χ1n) is 9.02. The molecule has 0 aromatic carbocycles. The number of aliphatic hydroxyl groups is 1. The van der Waals surface area contributed by atoms with E-state index in [1.807, 2.05) is 0 Å². The number of ether oxygens (including phenoxy) is 1. The molecule has 0 amide bonds. The van der Waals surface area contributed by atoms with Gasteiger partial charge in [-0.15, -0.1) is 6.42 Å². The lowest BCUT2D eigenvalue weighted by Crippen LogP contribution is -2.38. The molecular weight excluding hydrogens is 373 g/mol. The van der Waals surface area contributed by atoms with Gasteiger partial charge in [0.1, 0.15) is 12.0 Å². The largest absolute Gasteiger partial charge is 0.519 e. The highest BCUT2D eigenvalue weighted by Gasteiger charge is 2.48. The average Bonchev–Trinajstić information content (AvgIpc) is 3.29. The van der Waals surface area contributed by atoms with Gasteiger partial charge in [0.05, 0.1) is 12.4 Å². The van der Waals surface area contributed by atoms with Crippen LogP contribution < -0.4 is 11.6 Å². The molecule has 0 aliphatic carbocycles. The van der Waals surface area contributed by atoms with Crippen molar-refractivity contribution in [1.29, 1.82) is 0 Å². The second-order valence-electron chi connectivity index (χ2n) is 6.06. The molecule has 1 aliphatic rings. The van der Waals surface area contributed by atoms with Crippen molar-refractivity contribution in [3.05, 3.63) is 41.0 Å². The van der Waals surface area contributed by atoms with Crippen molar-refractivity contribution in [3.63, 3.8) is 0 Å². The van der Waals surface area contributed by atoms with Crippen molar-refractivity contribution in [2.45, 2.75) is 37.7 Å². The molecule has 145 valence electrons. The maximum absolute atomic E-state index is 13.7. The minimum absolute atomic E-state index is 0.0332. The smallest absolute Gasteiger partial charge is 0.396 e. The third-order valence-corrected chi connectivity index (χ3v) is 4.35. The Balaban J connectivity index is 1.72. The number of aliphatic hydroxyl groups excluding tert-OH is 1. The van der Waals surface area contributed by atoms with Crippen molar-refractivity contribution in [3.8, 4) is 12.3 Å². The summed E-state index contributed by atoms with van der Waals surface area (Å²) in [5.41, 5.74) is 3.70. The summed E-state index contributed by atoms with van der Waals surface area (Å²) < 4.78 is 46.9. The van der Waals surface area contributed by atoms with Crippen LogP contribution in [0, 0.1) is 31.8 Å².